The Labute approximate surface area is 116 Å². The number of carboxylic acids is 1. The highest BCUT2D eigenvalue weighted by Crippen LogP contribution is 2.03. The van der Waals surface area contributed by atoms with Crippen LogP contribution in [0, 0.1) is 0 Å². The van der Waals surface area contributed by atoms with Gasteiger partial charge in [0.2, 0.25) is 0 Å². The monoisotopic (exact) mass is 282 g/mol. The van der Waals surface area contributed by atoms with Crippen LogP contribution in [0.25, 0.3) is 0 Å². The van der Waals surface area contributed by atoms with E-state index in [1.54, 1.807) is 24.3 Å². The van der Waals surface area contributed by atoms with Gasteiger partial charge in [0.15, 0.2) is 6.04 Å². The van der Waals surface area contributed by atoms with E-state index in [4.69, 9.17) is 15.6 Å². The second-order valence-corrected chi connectivity index (χ2v) is 4.17. The molecule has 7 heteroatoms. The standard InChI is InChI=1S/C13H18N2O5/c14-7-6-10(16)11(12(17)18)15-13(19)20-8-9-4-2-1-3-5-9/h1-5,10-11,16H,6-8,14H2,(H,15,19)(H,17,18)/t10?,11-/m0/s1. The molecular formula is C13H18N2O5. The number of rotatable bonds is 7. The molecule has 0 heterocycles. The largest absolute Gasteiger partial charge is 0.480 e. The summed E-state index contributed by atoms with van der Waals surface area (Å²) < 4.78 is 4.88. The van der Waals surface area contributed by atoms with Crippen molar-refractivity contribution in [1.82, 2.24) is 5.32 Å². The van der Waals surface area contributed by atoms with Gasteiger partial charge in [-0.15, -0.1) is 0 Å². The maximum absolute atomic E-state index is 11.5. The topological polar surface area (TPSA) is 122 Å². The first kappa shape index (κ1) is 15.9. The minimum Gasteiger partial charge on any atom is -0.480 e. The molecule has 1 aromatic rings. The van der Waals surface area contributed by atoms with Crippen LogP contribution in [0.15, 0.2) is 30.3 Å². The SMILES string of the molecule is NCCC(O)[C@H](NC(=O)OCc1ccccc1)C(=O)O. The van der Waals surface area contributed by atoms with Crippen molar-refractivity contribution in [3.8, 4) is 0 Å². The highest BCUT2D eigenvalue weighted by atomic mass is 16.5. The van der Waals surface area contributed by atoms with Crippen LogP contribution in [0.5, 0.6) is 0 Å². The van der Waals surface area contributed by atoms with Crippen LogP contribution in [0.4, 0.5) is 4.79 Å². The molecule has 1 unspecified atom stereocenters. The van der Waals surface area contributed by atoms with Crippen LogP contribution in [0.1, 0.15) is 12.0 Å². The fourth-order valence-corrected chi connectivity index (χ4v) is 1.55. The molecule has 0 aliphatic rings. The molecule has 5 N–H and O–H groups in total. The van der Waals surface area contributed by atoms with Crippen LogP contribution in [0.2, 0.25) is 0 Å². The highest BCUT2D eigenvalue weighted by molar-refractivity contribution is 5.80. The number of aliphatic hydroxyl groups is 1. The third-order valence-corrected chi connectivity index (χ3v) is 2.60. The summed E-state index contributed by atoms with van der Waals surface area (Å²) in [4.78, 5) is 22.5. The molecule has 0 aliphatic heterocycles. The number of aliphatic carboxylic acids is 1. The smallest absolute Gasteiger partial charge is 0.408 e. The van der Waals surface area contributed by atoms with E-state index in [0.29, 0.717) is 0 Å². The van der Waals surface area contributed by atoms with E-state index in [2.05, 4.69) is 5.32 Å². The number of hydrogen-bond donors (Lipinski definition) is 4. The van der Waals surface area contributed by atoms with Crippen molar-refractivity contribution in [2.24, 2.45) is 5.73 Å². The summed E-state index contributed by atoms with van der Waals surface area (Å²) in [6.07, 6.45) is -2.10. The Kier molecular flexibility index (Phi) is 6.48. The van der Waals surface area contributed by atoms with Gasteiger partial charge in [0, 0.05) is 0 Å². The number of carbonyl (C=O) groups excluding carboxylic acids is 1. The Bertz CT molecular complexity index is 438. The Balaban J connectivity index is 2.48. The third-order valence-electron chi connectivity index (χ3n) is 2.60. The second-order valence-electron chi connectivity index (χ2n) is 4.17. The number of hydrogen-bond acceptors (Lipinski definition) is 5. The van der Waals surface area contributed by atoms with Crippen LogP contribution >= 0.6 is 0 Å². The average Bonchev–Trinajstić information content (AvgIpc) is 2.43. The van der Waals surface area contributed by atoms with Crippen LogP contribution in [-0.2, 0) is 16.1 Å². The van der Waals surface area contributed by atoms with Gasteiger partial charge < -0.3 is 26.0 Å². The fraction of sp³-hybridized carbons (Fsp3) is 0.385. The number of amides is 1. The highest BCUT2D eigenvalue weighted by Gasteiger charge is 2.28. The van der Waals surface area contributed by atoms with E-state index in [9.17, 15) is 14.7 Å². The number of aliphatic hydroxyl groups excluding tert-OH is 1. The minimum atomic E-state index is -1.44. The van der Waals surface area contributed by atoms with Crippen LogP contribution in [-0.4, -0.2) is 41.0 Å². The molecule has 1 rings (SSSR count). The Morgan fingerprint density at radius 3 is 2.50 bits per heavy atom. The molecule has 0 saturated carbocycles. The van der Waals surface area contributed by atoms with Crippen molar-refractivity contribution >= 4 is 12.1 Å². The molecule has 0 aliphatic carbocycles. The Morgan fingerprint density at radius 2 is 1.95 bits per heavy atom. The molecule has 20 heavy (non-hydrogen) atoms. The number of nitrogens with two attached hydrogens (primary N) is 1. The molecule has 0 bridgehead atoms. The van der Waals surface area contributed by atoms with Gasteiger partial charge in [0.05, 0.1) is 6.10 Å². The molecule has 0 saturated heterocycles. The zero-order valence-corrected chi connectivity index (χ0v) is 10.9. The molecule has 1 aromatic carbocycles. The van der Waals surface area contributed by atoms with Crippen LogP contribution < -0.4 is 11.1 Å². The quantitative estimate of drug-likeness (QED) is 0.561. The van der Waals surface area contributed by atoms with Crippen LogP contribution in [0.3, 0.4) is 0 Å². The molecule has 0 fully saturated rings. The molecular weight excluding hydrogens is 264 g/mol. The summed E-state index contributed by atoms with van der Waals surface area (Å²) in [6.45, 7) is 0.137. The summed E-state index contributed by atoms with van der Waals surface area (Å²) >= 11 is 0. The number of alkyl carbamates (subject to hydrolysis) is 1. The predicted octanol–water partition coefficient (Wildman–Crippen LogP) is 0.0757. The van der Waals surface area contributed by atoms with E-state index in [1.807, 2.05) is 6.07 Å². The zero-order chi connectivity index (χ0) is 15.0. The lowest BCUT2D eigenvalue weighted by molar-refractivity contribution is -0.142. The Morgan fingerprint density at radius 1 is 1.30 bits per heavy atom. The average molecular weight is 282 g/mol. The zero-order valence-electron chi connectivity index (χ0n) is 10.9. The lowest BCUT2D eigenvalue weighted by atomic mass is 10.1. The van der Waals surface area contributed by atoms with Crippen molar-refractivity contribution < 1.29 is 24.5 Å². The Hall–Kier alpha value is -2.12. The van der Waals surface area contributed by atoms with E-state index < -0.39 is 24.2 Å². The first-order chi connectivity index (χ1) is 9.54. The molecule has 0 radical (unpaired) electrons. The van der Waals surface area contributed by atoms with Crippen molar-refractivity contribution in [2.45, 2.75) is 25.2 Å². The molecule has 7 nitrogen and oxygen atoms in total. The lowest BCUT2D eigenvalue weighted by Crippen LogP contribution is -2.49. The molecule has 110 valence electrons. The molecule has 2 atom stereocenters. The maximum atomic E-state index is 11.5. The van der Waals surface area contributed by atoms with Gasteiger partial charge in [0.1, 0.15) is 6.61 Å². The number of nitrogens with one attached hydrogen (secondary N) is 1. The number of carboxylic acid groups (broad SMARTS) is 1. The summed E-state index contributed by atoms with van der Waals surface area (Å²) in [5.41, 5.74) is 6.01. The minimum absolute atomic E-state index is 0.0198. The molecule has 1 amide bonds. The summed E-state index contributed by atoms with van der Waals surface area (Å²) in [5, 5.41) is 20.6. The van der Waals surface area contributed by atoms with Crippen molar-refractivity contribution in [3.05, 3.63) is 35.9 Å². The second kappa shape index (κ2) is 8.13. The van der Waals surface area contributed by atoms with Gasteiger partial charge in [-0.05, 0) is 18.5 Å². The first-order valence-corrected chi connectivity index (χ1v) is 6.12. The van der Waals surface area contributed by atoms with Gasteiger partial charge in [-0.2, -0.15) is 0 Å². The third kappa shape index (κ3) is 5.25. The number of carbonyl (C=O) groups is 2. The van der Waals surface area contributed by atoms with Crippen molar-refractivity contribution in [3.63, 3.8) is 0 Å². The molecule has 0 spiro atoms. The van der Waals surface area contributed by atoms with Gasteiger partial charge in [0.25, 0.3) is 0 Å². The molecule has 0 aromatic heterocycles. The van der Waals surface area contributed by atoms with Gasteiger partial charge in [-0.3, -0.25) is 0 Å². The van der Waals surface area contributed by atoms with Crippen molar-refractivity contribution in [1.29, 1.82) is 0 Å². The number of ether oxygens (including phenoxy) is 1. The summed E-state index contributed by atoms with van der Waals surface area (Å²) in [5.74, 6) is -1.34. The normalized spacial score (nSPS) is 13.3. The number of benzene rings is 1. The van der Waals surface area contributed by atoms with E-state index in [-0.39, 0.29) is 19.6 Å². The van der Waals surface area contributed by atoms with Gasteiger partial charge >= 0.3 is 12.1 Å². The van der Waals surface area contributed by atoms with E-state index in [0.717, 1.165) is 5.56 Å². The summed E-state index contributed by atoms with van der Waals surface area (Å²) in [7, 11) is 0. The predicted molar refractivity (Wildman–Crippen MR) is 70.9 cm³/mol. The fourth-order valence-electron chi connectivity index (χ4n) is 1.55. The lowest BCUT2D eigenvalue weighted by Gasteiger charge is -2.19. The van der Waals surface area contributed by atoms with E-state index >= 15 is 0 Å². The van der Waals surface area contributed by atoms with Gasteiger partial charge in [-0.25, -0.2) is 9.59 Å². The first-order valence-electron chi connectivity index (χ1n) is 6.12. The maximum Gasteiger partial charge on any atom is 0.408 e. The van der Waals surface area contributed by atoms with E-state index in [1.165, 1.54) is 0 Å². The van der Waals surface area contributed by atoms with Gasteiger partial charge in [-0.1, -0.05) is 30.3 Å². The van der Waals surface area contributed by atoms with Crippen molar-refractivity contribution in [2.75, 3.05) is 6.54 Å². The summed E-state index contributed by atoms with van der Waals surface area (Å²) in [6, 6.07) is 7.51.